The number of benzene rings is 1. The van der Waals surface area contributed by atoms with Crippen molar-refractivity contribution in [2.45, 2.75) is 38.3 Å². The van der Waals surface area contributed by atoms with Crippen LogP contribution in [0.5, 0.6) is 11.5 Å². The quantitative estimate of drug-likeness (QED) is 0.575. The molecule has 19 heavy (non-hydrogen) atoms. The average Bonchev–Trinajstić information content (AvgIpc) is 3.26. The highest BCUT2D eigenvalue weighted by Gasteiger charge is 2.21. The van der Waals surface area contributed by atoms with Crippen LogP contribution in [0.4, 0.5) is 0 Å². The van der Waals surface area contributed by atoms with Crippen LogP contribution in [-0.2, 0) is 6.54 Å². The maximum absolute atomic E-state index is 5.85. The van der Waals surface area contributed by atoms with E-state index in [1.54, 1.807) is 7.11 Å². The minimum Gasteiger partial charge on any atom is -0.493 e. The van der Waals surface area contributed by atoms with Gasteiger partial charge in [-0.2, -0.15) is 0 Å². The van der Waals surface area contributed by atoms with Crippen LogP contribution in [0.2, 0.25) is 0 Å². The van der Waals surface area contributed by atoms with Gasteiger partial charge in [-0.1, -0.05) is 12.1 Å². The van der Waals surface area contributed by atoms with Crippen LogP contribution < -0.4 is 14.8 Å². The van der Waals surface area contributed by atoms with E-state index < -0.39 is 0 Å². The Kier molecular flexibility index (Phi) is 5.11. The van der Waals surface area contributed by atoms with Crippen molar-refractivity contribution >= 4 is 0 Å². The molecule has 1 aromatic carbocycles. The summed E-state index contributed by atoms with van der Waals surface area (Å²) < 4.78 is 11.2. The van der Waals surface area contributed by atoms with E-state index in [9.17, 15) is 0 Å². The van der Waals surface area contributed by atoms with Gasteiger partial charge < -0.3 is 14.8 Å². The van der Waals surface area contributed by atoms with Crippen LogP contribution in [-0.4, -0.2) is 19.8 Å². The van der Waals surface area contributed by atoms with Crippen molar-refractivity contribution in [3.05, 3.63) is 23.8 Å². The number of methoxy groups -OCH3 is 1. The molecule has 0 heterocycles. The zero-order chi connectivity index (χ0) is 13.5. The van der Waals surface area contributed by atoms with Gasteiger partial charge in [0.15, 0.2) is 11.5 Å². The first kappa shape index (κ1) is 13.8. The lowest BCUT2D eigenvalue weighted by molar-refractivity contribution is 0.287. The molecule has 0 aromatic heterocycles. The maximum atomic E-state index is 5.85. The number of terminal acetylenes is 1. The van der Waals surface area contributed by atoms with Gasteiger partial charge in [0.2, 0.25) is 0 Å². The Balaban J connectivity index is 2.00. The van der Waals surface area contributed by atoms with Crippen molar-refractivity contribution in [3.63, 3.8) is 0 Å². The van der Waals surface area contributed by atoms with Crippen molar-refractivity contribution in [2.24, 2.45) is 0 Å². The number of para-hydroxylation sites is 1. The Morgan fingerprint density at radius 2 is 2.26 bits per heavy atom. The van der Waals surface area contributed by atoms with Crippen LogP contribution in [0.1, 0.15) is 31.2 Å². The lowest BCUT2D eigenvalue weighted by atomic mass is 10.2. The number of ether oxygens (including phenoxy) is 2. The van der Waals surface area contributed by atoms with Gasteiger partial charge in [0.1, 0.15) is 0 Å². The monoisotopic (exact) mass is 259 g/mol. The first-order valence-electron chi connectivity index (χ1n) is 6.80. The number of hydrogen-bond acceptors (Lipinski definition) is 3. The molecule has 1 aliphatic carbocycles. The molecule has 102 valence electrons. The van der Waals surface area contributed by atoms with Crippen LogP contribution in [0.3, 0.4) is 0 Å². The summed E-state index contributed by atoms with van der Waals surface area (Å²) in [5.41, 5.74) is 1.15. The Bertz CT molecular complexity index is 447. The fourth-order valence-electron chi connectivity index (χ4n) is 1.92. The van der Waals surface area contributed by atoms with Crippen molar-refractivity contribution in [1.29, 1.82) is 0 Å². The highest BCUT2D eigenvalue weighted by molar-refractivity contribution is 5.46. The summed E-state index contributed by atoms with van der Waals surface area (Å²) >= 11 is 0. The van der Waals surface area contributed by atoms with Crippen molar-refractivity contribution in [2.75, 3.05) is 13.7 Å². The molecule has 1 aliphatic rings. The molecule has 2 rings (SSSR count). The molecular weight excluding hydrogens is 238 g/mol. The van der Waals surface area contributed by atoms with Crippen LogP contribution in [0.15, 0.2) is 18.2 Å². The second kappa shape index (κ2) is 7.06. The summed E-state index contributed by atoms with van der Waals surface area (Å²) in [7, 11) is 1.67. The molecule has 0 atom stereocenters. The molecular formula is C16H21NO2. The predicted octanol–water partition coefficient (Wildman–Crippen LogP) is 2.74. The standard InChI is InChI=1S/C16H21NO2/c1-3-4-5-11-19-16-13(12-17-14-9-10-14)7-6-8-15(16)18-2/h1,6-8,14,17H,4-5,9-12H2,2H3. The van der Waals surface area contributed by atoms with E-state index in [-0.39, 0.29) is 0 Å². The van der Waals surface area contributed by atoms with Gasteiger partial charge in [0, 0.05) is 24.6 Å². The highest BCUT2D eigenvalue weighted by atomic mass is 16.5. The largest absolute Gasteiger partial charge is 0.493 e. The lowest BCUT2D eigenvalue weighted by Gasteiger charge is -2.15. The molecule has 0 aliphatic heterocycles. The molecule has 0 radical (unpaired) electrons. The SMILES string of the molecule is C#CCCCOc1c(CNC2CC2)cccc1OC. The summed E-state index contributed by atoms with van der Waals surface area (Å²) in [6.07, 6.45) is 9.41. The van der Waals surface area contributed by atoms with E-state index in [4.69, 9.17) is 15.9 Å². The van der Waals surface area contributed by atoms with E-state index in [1.807, 2.05) is 12.1 Å². The molecule has 0 unspecified atom stereocenters. The third kappa shape index (κ3) is 4.18. The smallest absolute Gasteiger partial charge is 0.165 e. The van der Waals surface area contributed by atoms with Gasteiger partial charge >= 0.3 is 0 Å². The molecule has 1 aromatic rings. The Hall–Kier alpha value is -1.66. The average molecular weight is 259 g/mol. The van der Waals surface area contributed by atoms with Gasteiger partial charge in [-0.25, -0.2) is 0 Å². The van der Waals surface area contributed by atoms with Gasteiger partial charge in [-0.15, -0.1) is 12.3 Å². The molecule has 0 spiro atoms. The van der Waals surface area contributed by atoms with Crippen LogP contribution in [0, 0.1) is 12.3 Å². The summed E-state index contributed by atoms with van der Waals surface area (Å²) in [4.78, 5) is 0. The van der Waals surface area contributed by atoms with Crippen molar-refractivity contribution < 1.29 is 9.47 Å². The first-order chi connectivity index (χ1) is 9.35. The molecule has 0 bridgehead atoms. The van der Waals surface area contributed by atoms with Gasteiger partial charge in [0.25, 0.3) is 0 Å². The zero-order valence-electron chi connectivity index (χ0n) is 11.4. The number of nitrogens with one attached hydrogen (secondary N) is 1. The van der Waals surface area contributed by atoms with E-state index in [2.05, 4.69) is 17.3 Å². The number of hydrogen-bond donors (Lipinski definition) is 1. The Morgan fingerprint density at radius 1 is 1.42 bits per heavy atom. The van der Waals surface area contributed by atoms with Crippen LogP contribution >= 0.6 is 0 Å². The maximum Gasteiger partial charge on any atom is 0.165 e. The molecule has 1 N–H and O–H groups in total. The minimum absolute atomic E-state index is 0.626. The van der Waals surface area contributed by atoms with Gasteiger partial charge in [-0.05, 0) is 25.3 Å². The highest BCUT2D eigenvalue weighted by Crippen LogP contribution is 2.32. The Morgan fingerprint density at radius 3 is 2.95 bits per heavy atom. The fourth-order valence-corrected chi connectivity index (χ4v) is 1.92. The summed E-state index contributed by atoms with van der Waals surface area (Å²) in [6.45, 7) is 1.45. The molecule has 1 fully saturated rings. The summed E-state index contributed by atoms with van der Waals surface area (Å²) in [5, 5.41) is 3.50. The zero-order valence-corrected chi connectivity index (χ0v) is 11.4. The van der Waals surface area contributed by atoms with Gasteiger partial charge in [-0.3, -0.25) is 0 Å². The second-order valence-corrected chi connectivity index (χ2v) is 4.76. The Labute approximate surface area is 115 Å². The minimum atomic E-state index is 0.626. The topological polar surface area (TPSA) is 30.5 Å². The van der Waals surface area contributed by atoms with Gasteiger partial charge in [0.05, 0.1) is 13.7 Å². The second-order valence-electron chi connectivity index (χ2n) is 4.76. The molecule has 1 saturated carbocycles. The lowest BCUT2D eigenvalue weighted by Crippen LogP contribution is -2.16. The van der Waals surface area contributed by atoms with Crippen LogP contribution in [0.25, 0.3) is 0 Å². The van der Waals surface area contributed by atoms with E-state index in [0.29, 0.717) is 12.6 Å². The molecule has 3 heteroatoms. The fraction of sp³-hybridized carbons (Fsp3) is 0.500. The predicted molar refractivity (Wildman–Crippen MR) is 76.4 cm³/mol. The number of rotatable bonds is 8. The molecule has 3 nitrogen and oxygen atoms in total. The normalized spacial score (nSPS) is 13.9. The van der Waals surface area contributed by atoms with Crippen molar-refractivity contribution in [3.8, 4) is 23.8 Å². The van der Waals surface area contributed by atoms with E-state index >= 15 is 0 Å². The summed E-state index contributed by atoms with van der Waals surface area (Å²) in [5.74, 6) is 4.25. The third-order valence-electron chi connectivity index (χ3n) is 3.15. The first-order valence-corrected chi connectivity index (χ1v) is 6.80. The molecule has 0 amide bonds. The van der Waals surface area contributed by atoms with Crippen molar-refractivity contribution in [1.82, 2.24) is 5.32 Å². The molecule has 0 saturated heterocycles. The van der Waals surface area contributed by atoms with E-state index in [0.717, 1.165) is 36.4 Å². The van der Waals surface area contributed by atoms with E-state index in [1.165, 1.54) is 12.8 Å². The summed E-state index contributed by atoms with van der Waals surface area (Å²) in [6, 6.07) is 6.68. The number of unbranched alkanes of at least 4 members (excludes halogenated alkanes) is 1. The third-order valence-corrected chi connectivity index (χ3v) is 3.15.